The summed E-state index contributed by atoms with van der Waals surface area (Å²) in [6, 6.07) is 14.2. The summed E-state index contributed by atoms with van der Waals surface area (Å²) in [6.07, 6.45) is 1.42. The fraction of sp³-hybridized carbons (Fsp3) is 0.130. The van der Waals surface area contributed by atoms with Gasteiger partial charge >= 0.3 is 0 Å². The lowest BCUT2D eigenvalue weighted by atomic mass is 10.2. The van der Waals surface area contributed by atoms with E-state index in [0.29, 0.717) is 23.1 Å². The first kappa shape index (κ1) is 20.2. The van der Waals surface area contributed by atoms with Gasteiger partial charge in [0, 0.05) is 17.4 Å². The molecule has 0 saturated heterocycles. The molecule has 0 unspecified atom stereocenters. The van der Waals surface area contributed by atoms with E-state index in [1.165, 1.54) is 24.5 Å². The number of nitrogens with one attached hydrogen (secondary N) is 1. The molecule has 4 aromatic rings. The van der Waals surface area contributed by atoms with E-state index in [4.69, 9.17) is 4.74 Å². The van der Waals surface area contributed by atoms with Crippen LogP contribution in [-0.2, 0) is 0 Å². The molecule has 0 aliphatic rings. The number of aromatic nitrogens is 4. The Bertz CT molecular complexity index is 1250. The summed E-state index contributed by atoms with van der Waals surface area (Å²) < 4.78 is 21.3. The minimum Gasteiger partial charge on any atom is -0.439 e. The molecule has 0 radical (unpaired) electrons. The molecule has 156 valence electrons. The quantitative estimate of drug-likeness (QED) is 0.506. The van der Waals surface area contributed by atoms with Crippen molar-refractivity contribution in [3.8, 4) is 17.4 Å². The van der Waals surface area contributed by atoms with Gasteiger partial charge in [-0.05, 0) is 62.7 Å². The first-order chi connectivity index (χ1) is 14.9. The van der Waals surface area contributed by atoms with Gasteiger partial charge in [-0.15, -0.1) is 0 Å². The topological polar surface area (TPSA) is 81.9 Å². The largest absolute Gasteiger partial charge is 0.439 e. The molecule has 0 aliphatic carbocycles. The highest BCUT2D eigenvalue weighted by Crippen LogP contribution is 2.24. The first-order valence-corrected chi connectivity index (χ1v) is 9.61. The number of anilines is 1. The van der Waals surface area contributed by atoms with Crippen LogP contribution >= 0.6 is 0 Å². The standard InChI is InChI=1S/C23H20FN5O2/c1-14-15(2)28-29(16(14)3)21-12-22(26-13-25-21)31-18-10-8-17(9-11-18)27-23(30)19-6-4-5-7-20(19)24/h4-13H,1-3H3,(H,27,30). The Balaban J connectivity index is 1.48. The molecule has 4 rings (SSSR count). The number of aryl methyl sites for hydroxylation is 1. The molecular formula is C23H20FN5O2. The van der Waals surface area contributed by atoms with E-state index in [-0.39, 0.29) is 5.56 Å². The van der Waals surface area contributed by atoms with E-state index < -0.39 is 11.7 Å². The molecule has 0 spiro atoms. The lowest BCUT2D eigenvalue weighted by Crippen LogP contribution is -2.13. The zero-order chi connectivity index (χ0) is 22.0. The molecule has 7 nitrogen and oxygen atoms in total. The average Bonchev–Trinajstić information content (AvgIpc) is 3.03. The number of hydrogen-bond acceptors (Lipinski definition) is 5. The maximum atomic E-state index is 13.8. The molecule has 2 heterocycles. The van der Waals surface area contributed by atoms with Gasteiger partial charge in [-0.2, -0.15) is 5.10 Å². The van der Waals surface area contributed by atoms with E-state index in [1.54, 1.807) is 41.1 Å². The van der Waals surface area contributed by atoms with Gasteiger partial charge < -0.3 is 10.1 Å². The van der Waals surface area contributed by atoms with Gasteiger partial charge in [-0.25, -0.2) is 19.0 Å². The van der Waals surface area contributed by atoms with Crippen molar-refractivity contribution in [2.75, 3.05) is 5.32 Å². The number of carbonyl (C=O) groups excluding carboxylic acids is 1. The second kappa shape index (κ2) is 8.35. The van der Waals surface area contributed by atoms with Crippen molar-refractivity contribution in [1.82, 2.24) is 19.7 Å². The van der Waals surface area contributed by atoms with E-state index in [0.717, 1.165) is 17.0 Å². The van der Waals surface area contributed by atoms with Crippen LogP contribution in [0.5, 0.6) is 11.6 Å². The highest BCUT2D eigenvalue weighted by Gasteiger charge is 2.13. The van der Waals surface area contributed by atoms with Crippen LogP contribution < -0.4 is 10.1 Å². The Labute approximate surface area is 178 Å². The first-order valence-electron chi connectivity index (χ1n) is 9.61. The number of amides is 1. The predicted molar refractivity (Wildman–Crippen MR) is 114 cm³/mol. The van der Waals surface area contributed by atoms with Crippen LogP contribution in [0.1, 0.15) is 27.3 Å². The molecule has 0 saturated carbocycles. The summed E-state index contributed by atoms with van der Waals surface area (Å²) >= 11 is 0. The molecule has 0 atom stereocenters. The number of benzene rings is 2. The molecule has 8 heteroatoms. The van der Waals surface area contributed by atoms with Crippen molar-refractivity contribution < 1.29 is 13.9 Å². The van der Waals surface area contributed by atoms with E-state index >= 15 is 0 Å². The fourth-order valence-corrected chi connectivity index (χ4v) is 3.02. The van der Waals surface area contributed by atoms with Gasteiger partial charge in [0.15, 0.2) is 5.82 Å². The molecule has 31 heavy (non-hydrogen) atoms. The third kappa shape index (κ3) is 4.28. The fourth-order valence-electron chi connectivity index (χ4n) is 3.02. The number of ether oxygens (including phenoxy) is 1. The summed E-state index contributed by atoms with van der Waals surface area (Å²) in [5.74, 6) is 0.397. The van der Waals surface area contributed by atoms with Crippen LogP contribution in [0, 0.1) is 26.6 Å². The smallest absolute Gasteiger partial charge is 0.258 e. The molecule has 0 fully saturated rings. The second-order valence-corrected chi connectivity index (χ2v) is 6.98. The summed E-state index contributed by atoms with van der Waals surface area (Å²) in [5.41, 5.74) is 3.54. The van der Waals surface area contributed by atoms with Crippen molar-refractivity contribution in [2.24, 2.45) is 0 Å². The maximum Gasteiger partial charge on any atom is 0.258 e. The Morgan fingerprint density at radius 1 is 1.03 bits per heavy atom. The highest BCUT2D eigenvalue weighted by atomic mass is 19.1. The van der Waals surface area contributed by atoms with Crippen LogP contribution in [0.25, 0.3) is 5.82 Å². The second-order valence-electron chi connectivity index (χ2n) is 6.98. The van der Waals surface area contributed by atoms with Crippen molar-refractivity contribution in [2.45, 2.75) is 20.8 Å². The third-order valence-corrected chi connectivity index (χ3v) is 4.95. The Morgan fingerprint density at radius 3 is 2.45 bits per heavy atom. The number of halogens is 1. The van der Waals surface area contributed by atoms with E-state index in [9.17, 15) is 9.18 Å². The van der Waals surface area contributed by atoms with E-state index in [1.807, 2.05) is 20.8 Å². The Morgan fingerprint density at radius 2 is 1.77 bits per heavy atom. The van der Waals surface area contributed by atoms with Crippen LogP contribution in [0.4, 0.5) is 10.1 Å². The molecule has 0 aliphatic heterocycles. The monoisotopic (exact) mass is 417 g/mol. The number of carbonyl (C=O) groups is 1. The van der Waals surface area contributed by atoms with E-state index in [2.05, 4.69) is 20.4 Å². The Hall–Kier alpha value is -4.07. The van der Waals surface area contributed by atoms with Crippen LogP contribution in [0.3, 0.4) is 0 Å². The molecule has 2 aromatic carbocycles. The minimum atomic E-state index is -0.572. The van der Waals surface area contributed by atoms with Crippen molar-refractivity contribution in [3.05, 3.63) is 89.3 Å². The summed E-state index contributed by atoms with van der Waals surface area (Å²) in [6.45, 7) is 5.94. The van der Waals surface area contributed by atoms with Crippen molar-refractivity contribution in [1.29, 1.82) is 0 Å². The van der Waals surface area contributed by atoms with Crippen LogP contribution in [0.15, 0.2) is 60.9 Å². The van der Waals surface area contributed by atoms with Gasteiger partial charge in [0.25, 0.3) is 5.91 Å². The number of rotatable bonds is 5. The van der Waals surface area contributed by atoms with Crippen molar-refractivity contribution in [3.63, 3.8) is 0 Å². The molecule has 2 aromatic heterocycles. The lowest BCUT2D eigenvalue weighted by Gasteiger charge is -2.09. The summed E-state index contributed by atoms with van der Waals surface area (Å²) in [4.78, 5) is 20.7. The number of hydrogen-bond donors (Lipinski definition) is 1. The zero-order valence-corrected chi connectivity index (χ0v) is 17.3. The van der Waals surface area contributed by atoms with Gasteiger partial charge in [0.2, 0.25) is 5.88 Å². The van der Waals surface area contributed by atoms with Gasteiger partial charge in [-0.1, -0.05) is 12.1 Å². The number of nitrogens with zero attached hydrogens (tertiary/aromatic N) is 4. The molecular weight excluding hydrogens is 397 g/mol. The molecule has 1 N–H and O–H groups in total. The zero-order valence-electron chi connectivity index (χ0n) is 17.3. The highest BCUT2D eigenvalue weighted by molar-refractivity contribution is 6.04. The third-order valence-electron chi connectivity index (χ3n) is 4.95. The predicted octanol–water partition coefficient (Wildman–Crippen LogP) is 4.77. The SMILES string of the molecule is Cc1nn(-c2cc(Oc3ccc(NC(=O)c4ccccc4F)cc3)ncn2)c(C)c1C. The van der Waals surface area contributed by atoms with Crippen molar-refractivity contribution >= 4 is 11.6 Å². The molecule has 0 bridgehead atoms. The maximum absolute atomic E-state index is 13.8. The lowest BCUT2D eigenvalue weighted by molar-refractivity contribution is 0.102. The normalized spacial score (nSPS) is 10.7. The summed E-state index contributed by atoms with van der Waals surface area (Å²) in [7, 11) is 0. The van der Waals surface area contributed by atoms with Crippen LogP contribution in [-0.4, -0.2) is 25.7 Å². The average molecular weight is 417 g/mol. The molecule has 1 amide bonds. The van der Waals surface area contributed by atoms with Gasteiger partial charge in [0.1, 0.15) is 17.9 Å². The van der Waals surface area contributed by atoms with Crippen LogP contribution in [0.2, 0.25) is 0 Å². The minimum absolute atomic E-state index is 0.0178. The Kier molecular flexibility index (Phi) is 5.44. The van der Waals surface area contributed by atoms with Gasteiger partial charge in [-0.3, -0.25) is 4.79 Å². The van der Waals surface area contributed by atoms with Gasteiger partial charge in [0.05, 0.1) is 11.3 Å². The summed E-state index contributed by atoms with van der Waals surface area (Å²) in [5, 5.41) is 7.17.